The summed E-state index contributed by atoms with van der Waals surface area (Å²) in [4.78, 5) is 37.1. The summed E-state index contributed by atoms with van der Waals surface area (Å²) in [6.45, 7) is 4.84. The molecule has 0 radical (unpaired) electrons. The van der Waals surface area contributed by atoms with Crippen molar-refractivity contribution in [3.63, 3.8) is 0 Å². The molecule has 2 fully saturated rings. The van der Waals surface area contributed by atoms with E-state index in [2.05, 4.69) is 14.9 Å². The molecule has 0 saturated carbocycles. The van der Waals surface area contributed by atoms with Crippen LogP contribution in [0.4, 0.5) is 5.95 Å². The monoisotopic (exact) mass is 376 g/mol. The molecule has 1 spiro atoms. The topological polar surface area (TPSA) is 95.9 Å². The summed E-state index contributed by atoms with van der Waals surface area (Å²) >= 11 is 0. The molecule has 3 rings (SSSR count). The van der Waals surface area contributed by atoms with E-state index in [4.69, 9.17) is 9.84 Å². The molecule has 1 aromatic rings. The number of esters is 1. The molecular weight excluding hydrogens is 348 g/mol. The molecule has 3 heterocycles. The zero-order valence-corrected chi connectivity index (χ0v) is 16.1. The number of amides is 1. The Morgan fingerprint density at radius 2 is 2.15 bits per heavy atom. The average Bonchev–Trinajstić information content (AvgIpc) is 2.68. The van der Waals surface area contributed by atoms with Crippen LogP contribution >= 0.6 is 0 Å². The molecule has 1 amide bonds. The predicted octanol–water partition coefficient (Wildman–Crippen LogP) is 1.16. The number of carbonyl (C=O) groups is 2. The number of piperidine rings is 2. The van der Waals surface area contributed by atoms with E-state index < -0.39 is 5.97 Å². The minimum absolute atomic E-state index is 0.0140. The van der Waals surface area contributed by atoms with Gasteiger partial charge in [0.1, 0.15) is 0 Å². The molecule has 0 bridgehead atoms. The standard InChI is InChI=1S/C19H28N4O4/c1-14-11-15(17(26)27-2)21-18(20-14)23-8-3-6-19(13-23)7-5-16(25)22(12-19)9-4-10-24/h11,24H,3-10,12-13H2,1-2H3. The minimum Gasteiger partial charge on any atom is -0.464 e. The molecule has 1 atom stereocenters. The number of nitrogens with zero attached hydrogens (tertiary/aromatic N) is 4. The third-order valence-corrected chi connectivity index (χ3v) is 5.52. The Morgan fingerprint density at radius 1 is 1.33 bits per heavy atom. The molecule has 1 aromatic heterocycles. The van der Waals surface area contributed by atoms with E-state index in [1.165, 1.54) is 7.11 Å². The van der Waals surface area contributed by atoms with Gasteiger partial charge in [0.05, 0.1) is 7.11 Å². The van der Waals surface area contributed by atoms with Crippen molar-refractivity contribution in [2.24, 2.45) is 5.41 Å². The number of hydrogen-bond donors (Lipinski definition) is 1. The van der Waals surface area contributed by atoms with Crippen LogP contribution in [0.5, 0.6) is 0 Å². The van der Waals surface area contributed by atoms with Crippen molar-refractivity contribution in [3.8, 4) is 0 Å². The lowest BCUT2D eigenvalue weighted by Crippen LogP contribution is -2.54. The maximum absolute atomic E-state index is 12.2. The first-order chi connectivity index (χ1) is 13.0. The highest BCUT2D eigenvalue weighted by molar-refractivity contribution is 5.87. The smallest absolute Gasteiger partial charge is 0.356 e. The number of likely N-dealkylation sites (tertiary alicyclic amines) is 1. The summed E-state index contributed by atoms with van der Waals surface area (Å²) in [5, 5.41) is 9.09. The van der Waals surface area contributed by atoms with E-state index in [-0.39, 0.29) is 23.6 Å². The zero-order valence-electron chi connectivity index (χ0n) is 16.1. The van der Waals surface area contributed by atoms with Crippen molar-refractivity contribution in [2.45, 2.75) is 39.0 Å². The van der Waals surface area contributed by atoms with Gasteiger partial charge in [0, 0.05) is 50.3 Å². The molecule has 148 valence electrons. The minimum atomic E-state index is -0.466. The molecule has 2 aliphatic rings. The van der Waals surface area contributed by atoms with Crippen LogP contribution in [0.1, 0.15) is 48.3 Å². The number of aliphatic hydroxyl groups is 1. The summed E-state index contributed by atoms with van der Waals surface area (Å²) < 4.78 is 4.79. The summed E-state index contributed by atoms with van der Waals surface area (Å²) in [5.74, 6) is 0.256. The second-order valence-electron chi connectivity index (χ2n) is 7.60. The summed E-state index contributed by atoms with van der Waals surface area (Å²) in [6, 6.07) is 1.63. The summed E-state index contributed by atoms with van der Waals surface area (Å²) in [5.41, 5.74) is 1.01. The zero-order chi connectivity index (χ0) is 19.4. The van der Waals surface area contributed by atoms with Crippen LogP contribution in [0.2, 0.25) is 0 Å². The summed E-state index contributed by atoms with van der Waals surface area (Å²) in [6.07, 6.45) is 4.05. The maximum atomic E-state index is 12.2. The highest BCUT2D eigenvalue weighted by Crippen LogP contribution is 2.39. The van der Waals surface area contributed by atoms with Gasteiger partial charge in [-0.05, 0) is 38.7 Å². The van der Waals surface area contributed by atoms with Crippen LogP contribution in [0.25, 0.3) is 0 Å². The van der Waals surface area contributed by atoms with Gasteiger partial charge in [0.25, 0.3) is 0 Å². The molecule has 0 aliphatic carbocycles. The quantitative estimate of drug-likeness (QED) is 0.771. The highest BCUT2D eigenvalue weighted by atomic mass is 16.5. The molecular formula is C19H28N4O4. The number of aliphatic hydroxyl groups excluding tert-OH is 1. The van der Waals surface area contributed by atoms with E-state index >= 15 is 0 Å². The Labute approximate surface area is 159 Å². The number of methoxy groups -OCH3 is 1. The molecule has 0 aromatic carbocycles. The van der Waals surface area contributed by atoms with Gasteiger partial charge in [-0.2, -0.15) is 0 Å². The number of ether oxygens (including phenoxy) is 1. The Balaban J connectivity index is 1.79. The van der Waals surface area contributed by atoms with E-state index in [0.29, 0.717) is 31.9 Å². The van der Waals surface area contributed by atoms with Gasteiger partial charge >= 0.3 is 5.97 Å². The number of carbonyl (C=O) groups excluding carboxylic acids is 2. The lowest BCUT2D eigenvalue weighted by atomic mass is 9.73. The Hall–Kier alpha value is -2.22. The average molecular weight is 376 g/mol. The molecule has 27 heavy (non-hydrogen) atoms. The molecule has 2 saturated heterocycles. The van der Waals surface area contributed by atoms with Gasteiger partial charge in [-0.1, -0.05) is 0 Å². The van der Waals surface area contributed by atoms with Gasteiger partial charge in [-0.15, -0.1) is 0 Å². The van der Waals surface area contributed by atoms with E-state index in [9.17, 15) is 9.59 Å². The first-order valence-corrected chi connectivity index (χ1v) is 9.54. The molecule has 2 aliphatic heterocycles. The van der Waals surface area contributed by atoms with E-state index in [1.807, 2.05) is 11.8 Å². The fraction of sp³-hybridized carbons (Fsp3) is 0.684. The molecule has 8 nitrogen and oxygen atoms in total. The van der Waals surface area contributed by atoms with Gasteiger partial charge in [-0.3, -0.25) is 4.79 Å². The predicted molar refractivity (Wildman–Crippen MR) is 99.5 cm³/mol. The van der Waals surface area contributed by atoms with Crippen molar-refractivity contribution >= 4 is 17.8 Å². The number of anilines is 1. The Kier molecular flexibility index (Phi) is 5.94. The van der Waals surface area contributed by atoms with Crippen LogP contribution in [-0.4, -0.2) is 71.7 Å². The largest absolute Gasteiger partial charge is 0.464 e. The highest BCUT2D eigenvalue weighted by Gasteiger charge is 2.42. The van der Waals surface area contributed by atoms with Crippen molar-refractivity contribution in [2.75, 3.05) is 44.8 Å². The van der Waals surface area contributed by atoms with E-state index in [0.717, 1.165) is 38.0 Å². The lowest BCUT2D eigenvalue weighted by molar-refractivity contribution is -0.138. The summed E-state index contributed by atoms with van der Waals surface area (Å²) in [7, 11) is 1.34. The normalized spacial score (nSPS) is 23.0. The van der Waals surface area contributed by atoms with Crippen molar-refractivity contribution < 1.29 is 19.4 Å². The van der Waals surface area contributed by atoms with Crippen molar-refractivity contribution in [3.05, 3.63) is 17.5 Å². The van der Waals surface area contributed by atoms with Crippen LogP contribution < -0.4 is 4.90 Å². The van der Waals surface area contributed by atoms with Crippen molar-refractivity contribution in [1.29, 1.82) is 0 Å². The third kappa shape index (κ3) is 4.37. The van der Waals surface area contributed by atoms with Crippen LogP contribution in [0, 0.1) is 12.3 Å². The Bertz CT molecular complexity index is 711. The second-order valence-corrected chi connectivity index (χ2v) is 7.60. The van der Waals surface area contributed by atoms with Gasteiger partial charge in [0.2, 0.25) is 11.9 Å². The first kappa shape index (κ1) is 19.5. The van der Waals surface area contributed by atoms with Crippen molar-refractivity contribution in [1.82, 2.24) is 14.9 Å². The lowest BCUT2D eigenvalue weighted by Gasteiger charge is -2.48. The fourth-order valence-corrected chi connectivity index (χ4v) is 4.18. The second kappa shape index (κ2) is 8.21. The fourth-order valence-electron chi connectivity index (χ4n) is 4.18. The number of hydrogen-bond acceptors (Lipinski definition) is 7. The SMILES string of the molecule is COC(=O)c1cc(C)nc(N2CCCC3(CCC(=O)N(CCCO)C3)C2)n1. The molecule has 1 unspecified atom stereocenters. The number of aryl methyl sites for hydroxylation is 1. The van der Waals surface area contributed by atoms with Crippen LogP contribution in [-0.2, 0) is 9.53 Å². The number of aromatic nitrogens is 2. The van der Waals surface area contributed by atoms with Gasteiger partial charge in [0.15, 0.2) is 5.69 Å². The van der Waals surface area contributed by atoms with Crippen LogP contribution in [0.3, 0.4) is 0 Å². The molecule has 1 N–H and O–H groups in total. The third-order valence-electron chi connectivity index (χ3n) is 5.52. The number of rotatable bonds is 5. The van der Waals surface area contributed by atoms with Crippen LogP contribution in [0.15, 0.2) is 6.07 Å². The van der Waals surface area contributed by atoms with Gasteiger partial charge < -0.3 is 19.6 Å². The van der Waals surface area contributed by atoms with Gasteiger partial charge in [-0.25, -0.2) is 14.8 Å². The van der Waals surface area contributed by atoms with E-state index in [1.54, 1.807) is 6.07 Å². The Morgan fingerprint density at radius 3 is 2.89 bits per heavy atom. The molecule has 8 heteroatoms. The maximum Gasteiger partial charge on any atom is 0.356 e. The first-order valence-electron chi connectivity index (χ1n) is 9.54.